The van der Waals surface area contributed by atoms with Gasteiger partial charge in [0.1, 0.15) is 12.1 Å². The molecule has 0 aromatic rings. The van der Waals surface area contributed by atoms with Gasteiger partial charge in [-0.15, -0.1) is 0 Å². The predicted octanol–water partition coefficient (Wildman–Crippen LogP) is 0.680. The molecule has 0 saturated carbocycles. The van der Waals surface area contributed by atoms with Crippen molar-refractivity contribution in [3.05, 3.63) is 0 Å². The third-order valence-corrected chi connectivity index (χ3v) is 2.89. The zero-order valence-electron chi connectivity index (χ0n) is 8.11. The summed E-state index contributed by atoms with van der Waals surface area (Å²) in [6.45, 7) is 1.40. The molecule has 2 rings (SSSR count). The van der Waals surface area contributed by atoms with Crippen LogP contribution in [0.15, 0.2) is 0 Å². The minimum Gasteiger partial charge on any atom is -0.368 e. The summed E-state index contributed by atoms with van der Waals surface area (Å²) < 4.78 is 5.32. The summed E-state index contributed by atoms with van der Waals surface area (Å²) in [4.78, 5) is 13.5. The molecule has 2 heterocycles. The predicted molar refractivity (Wildman–Crippen MR) is 49.3 cm³/mol. The van der Waals surface area contributed by atoms with E-state index in [4.69, 9.17) is 10.00 Å². The normalized spacial score (nSPS) is 31.8. The minimum absolute atomic E-state index is 0.0200. The van der Waals surface area contributed by atoms with Crippen LogP contribution in [-0.2, 0) is 9.53 Å². The first-order valence-corrected chi connectivity index (χ1v) is 5.14. The first-order chi connectivity index (χ1) is 6.83. The van der Waals surface area contributed by atoms with Gasteiger partial charge in [-0.2, -0.15) is 5.26 Å². The van der Waals surface area contributed by atoms with Crippen LogP contribution in [0.5, 0.6) is 0 Å². The Labute approximate surface area is 83.4 Å². The van der Waals surface area contributed by atoms with E-state index in [-0.39, 0.29) is 18.1 Å². The number of hydrogen-bond donors (Lipinski definition) is 0. The monoisotopic (exact) mass is 194 g/mol. The van der Waals surface area contributed by atoms with Crippen LogP contribution in [-0.4, -0.2) is 36.1 Å². The Kier molecular flexibility index (Phi) is 2.69. The number of hydrogen-bond acceptors (Lipinski definition) is 3. The maximum atomic E-state index is 11.9. The summed E-state index contributed by atoms with van der Waals surface area (Å²) in [6, 6.07) is 1.95. The molecule has 2 atom stereocenters. The zero-order chi connectivity index (χ0) is 9.97. The first-order valence-electron chi connectivity index (χ1n) is 5.14. The summed E-state index contributed by atoms with van der Waals surface area (Å²) >= 11 is 0. The van der Waals surface area contributed by atoms with Crippen LogP contribution in [0.25, 0.3) is 0 Å². The van der Waals surface area contributed by atoms with E-state index < -0.39 is 0 Å². The molecule has 0 spiro atoms. The summed E-state index contributed by atoms with van der Waals surface area (Å²) in [5, 5.41) is 8.84. The van der Waals surface area contributed by atoms with Crippen LogP contribution in [0.2, 0.25) is 0 Å². The molecule has 14 heavy (non-hydrogen) atoms. The highest BCUT2D eigenvalue weighted by molar-refractivity contribution is 5.82. The average Bonchev–Trinajstić information content (AvgIpc) is 2.87. The van der Waals surface area contributed by atoms with E-state index in [1.807, 2.05) is 0 Å². The first kappa shape index (κ1) is 9.47. The molecule has 1 amide bonds. The highest BCUT2D eigenvalue weighted by Gasteiger charge is 2.34. The van der Waals surface area contributed by atoms with Crippen molar-refractivity contribution in [1.29, 1.82) is 5.26 Å². The molecular formula is C10H14N2O2. The molecule has 0 N–H and O–H groups in total. The standard InChI is InChI=1S/C10H14N2O2/c11-7-8-3-1-5-12(8)10(13)9-4-2-6-14-9/h8-9H,1-6H2. The van der Waals surface area contributed by atoms with E-state index in [0.29, 0.717) is 6.61 Å². The molecule has 4 heteroatoms. The Bertz CT molecular complexity index is 266. The molecule has 2 saturated heterocycles. The van der Waals surface area contributed by atoms with Crippen molar-refractivity contribution >= 4 is 5.91 Å². The van der Waals surface area contributed by atoms with E-state index in [1.165, 1.54) is 0 Å². The Morgan fingerprint density at radius 3 is 2.93 bits per heavy atom. The maximum Gasteiger partial charge on any atom is 0.252 e. The van der Waals surface area contributed by atoms with Gasteiger partial charge >= 0.3 is 0 Å². The SMILES string of the molecule is N#CC1CCCN1C(=O)C1CCCO1. The zero-order valence-corrected chi connectivity index (χ0v) is 8.11. The second-order valence-corrected chi connectivity index (χ2v) is 3.82. The highest BCUT2D eigenvalue weighted by Crippen LogP contribution is 2.21. The fourth-order valence-corrected chi connectivity index (χ4v) is 2.12. The van der Waals surface area contributed by atoms with Crippen LogP contribution in [0.3, 0.4) is 0 Å². The van der Waals surface area contributed by atoms with E-state index in [9.17, 15) is 4.79 Å². The van der Waals surface area contributed by atoms with Gasteiger partial charge in [0.25, 0.3) is 5.91 Å². The lowest BCUT2D eigenvalue weighted by atomic mass is 10.2. The van der Waals surface area contributed by atoms with Crippen molar-refractivity contribution in [3.63, 3.8) is 0 Å². The van der Waals surface area contributed by atoms with E-state index in [2.05, 4.69) is 6.07 Å². The van der Waals surface area contributed by atoms with Gasteiger partial charge in [0.15, 0.2) is 0 Å². The smallest absolute Gasteiger partial charge is 0.252 e. The lowest BCUT2D eigenvalue weighted by molar-refractivity contribution is -0.140. The van der Waals surface area contributed by atoms with Crippen molar-refractivity contribution in [1.82, 2.24) is 4.90 Å². The molecule has 2 aliphatic rings. The van der Waals surface area contributed by atoms with Crippen LogP contribution in [0.4, 0.5) is 0 Å². The van der Waals surface area contributed by atoms with Crippen LogP contribution in [0, 0.1) is 11.3 Å². The second kappa shape index (κ2) is 3.97. The molecular weight excluding hydrogens is 180 g/mol. The second-order valence-electron chi connectivity index (χ2n) is 3.82. The third kappa shape index (κ3) is 1.60. The van der Waals surface area contributed by atoms with Gasteiger partial charge in [0.2, 0.25) is 0 Å². The molecule has 76 valence electrons. The Balaban J connectivity index is 2.00. The third-order valence-electron chi connectivity index (χ3n) is 2.89. The number of ether oxygens (including phenoxy) is 1. The van der Waals surface area contributed by atoms with Crippen LogP contribution in [0.1, 0.15) is 25.7 Å². The largest absolute Gasteiger partial charge is 0.368 e. The van der Waals surface area contributed by atoms with Gasteiger partial charge in [-0.05, 0) is 25.7 Å². The lowest BCUT2D eigenvalue weighted by Gasteiger charge is -2.22. The fraction of sp³-hybridized carbons (Fsp3) is 0.800. The maximum absolute atomic E-state index is 11.9. The summed E-state index contributed by atoms with van der Waals surface area (Å²) in [7, 11) is 0. The topological polar surface area (TPSA) is 53.3 Å². The van der Waals surface area contributed by atoms with E-state index in [0.717, 1.165) is 32.2 Å². The quantitative estimate of drug-likeness (QED) is 0.616. The molecule has 2 unspecified atom stereocenters. The number of rotatable bonds is 1. The van der Waals surface area contributed by atoms with Crippen molar-refractivity contribution in [2.75, 3.05) is 13.2 Å². The number of likely N-dealkylation sites (tertiary alicyclic amines) is 1. The molecule has 0 radical (unpaired) electrons. The van der Waals surface area contributed by atoms with Gasteiger partial charge in [-0.25, -0.2) is 0 Å². The summed E-state index contributed by atoms with van der Waals surface area (Å²) in [5.41, 5.74) is 0. The lowest BCUT2D eigenvalue weighted by Crippen LogP contribution is -2.41. The highest BCUT2D eigenvalue weighted by atomic mass is 16.5. The van der Waals surface area contributed by atoms with E-state index >= 15 is 0 Å². The number of carbonyl (C=O) groups is 1. The summed E-state index contributed by atoms with van der Waals surface area (Å²) in [5.74, 6) is 0.0200. The average molecular weight is 194 g/mol. The van der Waals surface area contributed by atoms with Gasteiger partial charge < -0.3 is 9.64 Å². The van der Waals surface area contributed by atoms with Gasteiger partial charge in [0, 0.05) is 13.2 Å². The molecule has 4 nitrogen and oxygen atoms in total. The Morgan fingerprint density at radius 1 is 1.43 bits per heavy atom. The Hall–Kier alpha value is -1.08. The van der Waals surface area contributed by atoms with Crippen molar-refractivity contribution in [2.24, 2.45) is 0 Å². The minimum atomic E-state index is -0.274. The van der Waals surface area contributed by atoms with Gasteiger partial charge in [-0.1, -0.05) is 0 Å². The molecule has 0 aliphatic carbocycles. The molecule has 0 aromatic heterocycles. The summed E-state index contributed by atoms with van der Waals surface area (Å²) in [6.07, 6.45) is 3.25. The molecule has 2 aliphatic heterocycles. The molecule has 0 aromatic carbocycles. The van der Waals surface area contributed by atoms with Crippen LogP contribution >= 0.6 is 0 Å². The van der Waals surface area contributed by atoms with Crippen molar-refractivity contribution in [2.45, 2.75) is 37.8 Å². The van der Waals surface area contributed by atoms with Gasteiger partial charge in [0.05, 0.1) is 6.07 Å². The number of amides is 1. The van der Waals surface area contributed by atoms with Crippen molar-refractivity contribution in [3.8, 4) is 6.07 Å². The van der Waals surface area contributed by atoms with Gasteiger partial charge in [-0.3, -0.25) is 4.79 Å². The van der Waals surface area contributed by atoms with E-state index in [1.54, 1.807) is 4.90 Å². The van der Waals surface area contributed by atoms with Crippen LogP contribution < -0.4 is 0 Å². The Morgan fingerprint density at radius 2 is 2.29 bits per heavy atom. The van der Waals surface area contributed by atoms with Crippen molar-refractivity contribution < 1.29 is 9.53 Å². The fourth-order valence-electron chi connectivity index (χ4n) is 2.12. The molecule has 2 fully saturated rings. The molecule has 0 bridgehead atoms. The number of nitrogens with zero attached hydrogens (tertiary/aromatic N) is 2. The number of nitriles is 1. The number of carbonyl (C=O) groups excluding carboxylic acids is 1.